The van der Waals surface area contributed by atoms with E-state index in [0.717, 1.165) is 25.4 Å². The lowest BCUT2D eigenvalue weighted by atomic mass is 9.89. The fourth-order valence-electron chi connectivity index (χ4n) is 4.81. The summed E-state index contributed by atoms with van der Waals surface area (Å²) >= 11 is 0. The molecule has 2 aliphatic rings. The number of rotatable bonds is 6. The molecule has 1 aromatic carbocycles. The van der Waals surface area contributed by atoms with E-state index in [0.29, 0.717) is 42.5 Å². The van der Waals surface area contributed by atoms with Crippen molar-refractivity contribution in [3.05, 3.63) is 41.6 Å². The fourth-order valence-corrected chi connectivity index (χ4v) is 4.81. The molecular formula is C22H30N4O3. The van der Waals surface area contributed by atoms with Gasteiger partial charge < -0.3 is 14.1 Å². The van der Waals surface area contributed by atoms with Crippen LogP contribution < -0.4 is 4.74 Å². The molecule has 7 heteroatoms. The number of aromatic nitrogens is 2. The first-order chi connectivity index (χ1) is 13.9. The minimum Gasteiger partial charge on any atom is -0.497 e. The Bertz CT molecular complexity index is 848. The van der Waals surface area contributed by atoms with E-state index in [-0.39, 0.29) is 11.9 Å². The zero-order valence-corrected chi connectivity index (χ0v) is 17.7. The van der Waals surface area contributed by atoms with Crippen LogP contribution in [0.2, 0.25) is 0 Å². The summed E-state index contributed by atoms with van der Waals surface area (Å²) in [4.78, 5) is 17.5. The smallest absolute Gasteiger partial charge is 0.230 e. The minimum absolute atomic E-state index is 0.103. The predicted molar refractivity (Wildman–Crippen MR) is 108 cm³/mol. The average Bonchev–Trinajstić information content (AvgIpc) is 3.35. The second kappa shape index (κ2) is 8.14. The van der Waals surface area contributed by atoms with Gasteiger partial charge in [0.15, 0.2) is 0 Å². The lowest BCUT2D eigenvalue weighted by Crippen LogP contribution is -2.36. The standard InChI is InChI=1S/C22H30N4O3/c1-14(2)9-21(27)26-11-17-10-25(13-20-24-23-15(3)29-20)12-19(17)22(26)16-5-7-18(28-4)8-6-16/h5-8,14,17,19,22H,9-13H2,1-4H3/t17-,19-,22-/m0/s1. The number of methoxy groups -OCH3 is 1. The summed E-state index contributed by atoms with van der Waals surface area (Å²) in [7, 11) is 1.67. The molecular weight excluding hydrogens is 368 g/mol. The SMILES string of the molecule is COc1ccc([C@H]2[C@H]3CN(Cc4nnc(C)o4)C[C@H]3CN2C(=O)CC(C)C)cc1. The van der Waals surface area contributed by atoms with Crippen molar-refractivity contribution in [3.63, 3.8) is 0 Å². The van der Waals surface area contributed by atoms with Crippen molar-refractivity contribution in [2.45, 2.75) is 39.8 Å². The molecule has 2 aromatic rings. The molecule has 2 aliphatic heterocycles. The quantitative estimate of drug-likeness (QED) is 0.745. The molecule has 7 nitrogen and oxygen atoms in total. The minimum atomic E-state index is 0.103. The van der Waals surface area contributed by atoms with Crippen LogP contribution in [-0.2, 0) is 11.3 Å². The van der Waals surface area contributed by atoms with Crippen LogP contribution in [0.4, 0.5) is 0 Å². The highest BCUT2D eigenvalue weighted by molar-refractivity contribution is 5.77. The zero-order chi connectivity index (χ0) is 20.5. The number of amides is 1. The molecule has 3 heterocycles. The number of hydrogen-bond donors (Lipinski definition) is 0. The summed E-state index contributed by atoms with van der Waals surface area (Å²) in [6.45, 7) is 9.37. The first-order valence-corrected chi connectivity index (χ1v) is 10.4. The molecule has 4 rings (SSSR count). The van der Waals surface area contributed by atoms with Crippen molar-refractivity contribution in [2.75, 3.05) is 26.7 Å². The number of carbonyl (C=O) groups excluding carboxylic acids is 1. The summed E-state index contributed by atoms with van der Waals surface area (Å²) < 4.78 is 10.9. The number of ether oxygens (including phenoxy) is 1. The number of hydrogen-bond acceptors (Lipinski definition) is 6. The van der Waals surface area contributed by atoms with Crippen LogP contribution in [0.15, 0.2) is 28.7 Å². The van der Waals surface area contributed by atoms with E-state index >= 15 is 0 Å². The Kier molecular flexibility index (Phi) is 5.58. The number of aryl methyl sites for hydroxylation is 1. The van der Waals surface area contributed by atoms with Gasteiger partial charge in [-0.2, -0.15) is 0 Å². The molecule has 156 valence electrons. The summed E-state index contributed by atoms with van der Waals surface area (Å²) in [5, 5.41) is 8.07. The second-order valence-corrected chi connectivity index (χ2v) is 8.69. The third-order valence-electron chi connectivity index (χ3n) is 6.03. The Labute approximate surface area is 172 Å². The molecule has 0 spiro atoms. The molecule has 1 amide bonds. The highest BCUT2D eigenvalue weighted by Crippen LogP contribution is 2.45. The van der Waals surface area contributed by atoms with Gasteiger partial charge in [0.2, 0.25) is 17.7 Å². The number of likely N-dealkylation sites (tertiary alicyclic amines) is 2. The van der Waals surface area contributed by atoms with E-state index in [4.69, 9.17) is 9.15 Å². The Hall–Kier alpha value is -2.41. The molecule has 0 aliphatic carbocycles. The maximum atomic E-state index is 13.0. The summed E-state index contributed by atoms with van der Waals surface area (Å²) in [5.74, 6) is 3.58. The van der Waals surface area contributed by atoms with Crippen LogP contribution in [0, 0.1) is 24.7 Å². The number of benzene rings is 1. The maximum absolute atomic E-state index is 13.0. The Balaban J connectivity index is 1.55. The Morgan fingerprint density at radius 3 is 2.59 bits per heavy atom. The topological polar surface area (TPSA) is 71.7 Å². The highest BCUT2D eigenvalue weighted by Gasteiger charge is 2.49. The molecule has 1 aromatic heterocycles. The van der Waals surface area contributed by atoms with Crippen LogP contribution in [-0.4, -0.2) is 52.6 Å². The third-order valence-corrected chi connectivity index (χ3v) is 6.03. The van der Waals surface area contributed by atoms with Crippen LogP contribution in [0.1, 0.15) is 43.7 Å². The van der Waals surface area contributed by atoms with Gasteiger partial charge in [0.05, 0.1) is 19.7 Å². The molecule has 0 N–H and O–H groups in total. The first kappa shape index (κ1) is 19.9. The van der Waals surface area contributed by atoms with Gasteiger partial charge in [-0.25, -0.2) is 0 Å². The molecule has 0 unspecified atom stereocenters. The number of fused-ring (bicyclic) bond motifs is 1. The fraction of sp³-hybridized carbons (Fsp3) is 0.591. The van der Waals surface area contributed by atoms with Gasteiger partial charge in [0.1, 0.15) is 5.75 Å². The van der Waals surface area contributed by atoms with E-state index in [2.05, 4.69) is 46.0 Å². The monoisotopic (exact) mass is 398 g/mol. The maximum Gasteiger partial charge on any atom is 0.230 e. The lowest BCUT2D eigenvalue weighted by Gasteiger charge is -2.30. The molecule has 0 saturated carbocycles. The summed E-state index contributed by atoms with van der Waals surface area (Å²) in [6, 6.07) is 8.28. The van der Waals surface area contributed by atoms with Crippen molar-refractivity contribution in [1.82, 2.24) is 20.0 Å². The van der Waals surface area contributed by atoms with Crippen LogP contribution in [0.5, 0.6) is 5.75 Å². The number of carbonyl (C=O) groups is 1. The predicted octanol–water partition coefficient (Wildman–Crippen LogP) is 3.06. The van der Waals surface area contributed by atoms with Gasteiger partial charge >= 0.3 is 0 Å². The van der Waals surface area contributed by atoms with Gasteiger partial charge in [-0.15, -0.1) is 10.2 Å². The Morgan fingerprint density at radius 1 is 1.21 bits per heavy atom. The first-order valence-electron chi connectivity index (χ1n) is 10.4. The van der Waals surface area contributed by atoms with Gasteiger partial charge in [-0.1, -0.05) is 26.0 Å². The third kappa shape index (κ3) is 4.15. The molecule has 29 heavy (non-hydrogen) atoms. The lowest BCUT2D eigenvalue weighted by molar-refractivity contribution is -0.133. The average molecular weight is 399 g/mol. The van der Waals surface area contributed by atoms with Crippen molar-refractivity contribution in [1.29, 1.82) is 0 Å². The highest BCUT2D eigenvalue weighted by atomic mass is 16.5. The summed E-state index contributed by atoms with van der Waals surface area (Å²) in [6.07, 6.45) is 0.594. The molecule has 0 radical (unpaired) electrons. The van der Waals surface area contributed by atoms with E-state index in [1.807, 2.05) is 19.1 Å². The van der Waals surface area contributed by atoms with E-state index in [1.165, 1.54) is 5.56 Å². The van der Waals surface area contributed by atoms with Gasteiger partial charge in [-0.3, -0.25) is 9.69 Å². The molecule has 0 bridgehead atoms. The summed E-state index contributed by atoms with van der Waals surface area (Å²) in [5.41, 5.74) is 1.19. The second-order valence-electron chi connectivity index (χ2n) is 8.69. The largest absolute Gasteiger partial charge is 0.497 e. The normalized spacial score (nSPS) is 24.3. The van der Waals surface area contributed by atoms with Crippen molar-refractivity contribution >= 4 is 5.91 Å². The number of nitrogens with zero attached hydrogens (tertiary/aromatic N) is 4. The van der Waals surface area contributed by atoms with Gasteiger partial charge in [0, 0.05) is 38.9 Å². The van der Waals surface area contributed by atoms with E-state index in [9.17, 15) is 4.79 Å². The van der Waals surface area contributed by atoms with Gasteiger partial charge in [0.25, 0.3) is 0 Å². The van der Waals surface area contributed by atoms with Crippen LogP contribution in [0.3, 0.4) is 0 Å². The molecule has 2 saturated heterocycles. The molecule has 2 fully saturated rings. The van der Waals surface area contributed by atoms with Gasteiger partial charge in [-0.05, 0) is 29.5 Å². The van der Waals surface area contributed by atoms with E-state index < -0.39 is 0 Å². The molecule has 3 atom stereocenters. The Morgan fingerprint density at radius 2 is 1.97 bits per heavy atom. The van der Waals surface area contributed by atoms with Crippen molar-refractivity contribution in [2.24, 2.45) is 17.8 Å². The zero-order valence-electron chi connectivity index (χ0n) is 17.7. The van der Waals surface area contributed by atoms with E-state index in [1.54, 1.807) is 7.11 Å². The van der Waals surface area contributed by atoms with Crippen molar-refractivity contribution in [3.8, 4) is 5.75 Å². The van der Waals surface area contributed by atoms with Crippen LogP contribution >= 0.6 is 0 Å². The van der Waals surface area contributed by atoms with Crippen molar-refractivity contribution < 1.29 is 13.9 Å². The van der Waals surface area contributed by atoms with Crippen LogP contribution in [0.25, 0.3) is 0 Å².